The fourth-order valence-electron chi connectivity index (χ4n) is 0.976. The van der Waals surface area contributed by atoms with Crippen LogP contribution in [0.1, 0.15) is 5.56 Å². The van der Waals surface area contributed by atoms with Crippen LogP contribution >= 0.6 is 15.9 Å². The number of benzene rings is 1. The predicted molar refractivity (Wildman–Crippen MR) is 66.4 cm³/mol. The summed E-state index contributed by atoms with van der Waals surface area (Å²) in [5.41, 5.74) is 1.00. The molecule has 1 rings (SSSR count). The highest BCUT2D eigenvalue weighted by atomic mass is 79.9. The molecule has 8 heteroatoms. The van der Waals surface area contributed by atoms with E-state index in [1.165, 1.54) is 0 Å². The molecule has 84 valence electrons. The summed E-state index contributed by atoms with van der Waals surface area (Å²) in [6.07, 6.45) is 0. The van der Waals surface area contributed by atoms with E-state index in [9.17, 15) is 9.00 Å². The highest BCUT2D eigenvalue weighted by Gasteiger charge is 2.08. The molecule has 0 bridgehead atoms. The molecule has 0 aliphatic carbocycles. The molecule has 5 nitrogen and oxygen atoms in total. The molecule has 1 aromatic rings. The second-order valence-corrected chi connectivity index (χ2v) is 5.24. The molecule has 2 radical (unpaired) electrons. The second kappa shape index (κ2) is 5.47. The SMILES string of the molecule is [B]NC(=O)N=S(N)(=O)c1ccc(CBr)cc1. The number of carbonyl (C=O) groups excluding carboxylic acids is 1. The van der Waals surface area contributed by atoms with Gasteiger partial charge in [-0.15, -0.1) is 4.36 Å². The lowest BCUT2D eigenvalue weighted by Gasteiger charge is -2.04. The van der Waals surface area contributed by atoms with Crippen LogP contribution in [0.4, 0.5) is 4.79 Å². The molecule has 0 aliphatic rings. The van der Waals surface area contributed by atoms with Crippen LogP contribution in [0.5, 0.6) is 0 Å². The van der Waals surface area contributed by atoms with Crippen molar-refractivity contribution in [1.29, 1.82) is 0 Å². The average molecular weight is 302 g/mol. The first-order valence-corrected chi connectivity index (χ1v) is 6.90. The van der Waals surface area contributed by atoms with Gasteiger partial charge in [-0.3, -0.25) is 0 Å². The summed E-state index contributed by atoms with van der Waals surface area (Å²) in [5.74, 6) is 0. The van der Waals surface area contributed by atoms with Crippen molar-refractivity contribution in [1.82, 2.24) is 5.23 Å². The van der Waals surface area contributed by atoms with E-state index in [1.54, 1.807) is 29.5 Å². The summed E-state index contributed by atoms with van der Waals surface area (Å²) in [6, 6.07) is 5.69. The normalized spacial score (nSPS) is 13.9. The summed E-state index contributed by atoms with van der Waals surface area (Å²) in [6.45, 7) is 0. The maximum Gasteiger partial charge on any atom is 0.337 e. The van der Waals surface area contributed by atoms with E-state index in [2.05, 4.69) is 20.3 Å². The van der Waals surface area contributed by atoms with Gasteiger partial charge in [0.15, 0.2) is 0 Å². The maximum absolute atomic E-state index is 11.8. The number of rotatable bonds is 2. The Hall–Kier alpha value is -0.855. The first-order chi connectivity index (χ1) is 7.49. The minimum atomic E-state index is -3.23. The number of carbonyl (C=O) groups is 1. The van der Waals surface area contributed by atoms with Crippen molar-refractivity contribution in [2.45, 2.75) is 10.2 Å². The van der Waals surface area contributed by atoms with Gasteiger partial charge in [0.1, 0.15) is 9.92 Å². The molecule has 0 saturated heterocycles. The Morgan fingerprint density at radius 2 is 2.06 bits per heavy atom. The smallest absolute Gasteiger partial charge is 0.337 e. The minimum Gasteiger partial charge on any atom is -0.389 e. The van der Waals surface area contributed by atoms with Gasteiger partial charge >= 0.3 is 6.03 Å². The molecule has 0 heterocycles. The maximum atomic E-state index is 11.8. The van der Waals surface area contributed by atoms with Gasteiger partial charge in [0, 0.05) is 5.33 Å². The molecule has 0 aliphatic heterocycles. The first kappa shape index (κ1) is 13.2. The Labute approximate surface area is 104 Å². The van der Waals surface area contributed by atoms with Crippen molar-refractivity contribution in [3.8, 4) is 0 Å². The number of alkyl halides is 1. The van der Waals surface area contributed by atoms with E-state index in [1.807, 2.05) is 0 Å². The van der Waals surface area contributed by atoms with Crippen molar-refractivity contribution >= 4 is 39.9 Å². The van der Waals surface area contributed by atoms with E-state index < -0.39 is 15.9 Å². The lowest BCUT2D eigenvalue weighted by molar-refractivity contribution is 0.254. The summed E-state index contributed by atoms with van der Waals surface area (Å²) in [4.78, 5) is 11.1. The quantitative estimate of drug-likeness (QED) is 0.632. The van der Waals surface area contributed by atoms with Crippen molar-refractivity contribution in [3.63, 3.8) is 0 Å². The molecule has 0 spiro atoms. The fourth-order valence-corrected chi connectivity index (χ4v) is 2.28. The molecule has 1 atom stereocenters. The molecule has 2 amide bonds. The molecule has 0 saturated carbocycles. The zero-order chi connectivity index (χ0) is 12.2. The largest absolute Gasteiger partial charge is 0.389 e. The zero-order valence-corrected chi connectivity index (χ0v) is 10.6. The zero-order valence-electron chi connectivity index (χ0n) is 8.22. The summed E-state index contributed by atoms with van der Waals surface area (Å²) in [5, 5.41) is 7.86. The molecule has 16 heavy (non-hydrogen) atoms. The van der Waals surface area contributed by atoms with Crippen LogP contribution in [-0.2, 0) is 15.2 Å². The van der Waals surface area contributed by atoms with E-state index in [0.717, 1.165) is 5.56 Å². The molecule has 1 unspecified atom stereocenters. The van der Waals surface area contributed by atoms with E-state index in [4.69, 9.17) is 13.1 Å². The topological polar surface area (TPSA) is 84.6 Å². The average Bonchev–Trinajstić information content (AvgIpc) is 2.28. The van der Waals surface area contributed by atoms with Crippen molar-refractivity contribution in [2.75, 3.05) is 0 Å². The standard InChI is InChI=1S/C8H9BBrN3O2S/c9-12-8(14)13-16(11,15)7-3-1-6(5-10)2-4-7/h1-4H,5H2,(H3,11,12,13,14,15). The Kier molecular flexibility index (Phi) is 4.51. The first-order valence-electron chi connectivity index (χ1n) is 4.20. The summed E-state index contributed by atoms with van der Waals surface area (Å²) >= 11 is 3.28. The summed E-state index contributed by atoms with van der Waals surface area (Å²) < 4.78 is 15.1. The van der Waals surface area contributed by atoms with Crippen LogP contribution in [0.3, 0.4) is 0 Å². The number of nitrogens with two attached hydrogens (primary N) is 1. The highest BCUT2D eigenvalue weighted by molar-refractivity contribution is 9.08. The van der Waals surface area contributed by atoms with Gasteiger partial charge in [-0.2, -0.15) is 0 Å². The minimum absolute atomic E-state index is 0.279. The van der Waals surface area contributed by atoms with Crippen molar-refractivity contribution < 1.29 is 9.00 Å². The highest BCUT2D eigenvalue weighted by Crippen LogP contribution is 2.12. The monoisotopic (exact) mass is 301 g/mol. The van der Waals surface area contributed by atoms with Crippen molar-refractivity contribution in [2.24, 2.45) is 9.50 Å². The number of urea groups is 1. The van der Waals surface area contributed by atoms with Gasteiger partial charge < -0.3 is 5.23 Å². The molecule has 0 aromatic heterocycles. The molecular formula is C8H9BBrN3O2S. The van der Waals surface area contributed by atoms with Crippen LogP contribution in [-0.4, -0.2) is 18.2 Å². The number of hydrogen-bond acceptors (Lipinski definition) is 2. The molecule has 0 fully saturated rings. The number of nitrogens with zero attached hydrogens (tertiary/aromatic N) is 1. The Balaban J connectivity index is 3.12. The van der Waals surface area contributed by atoms with Crippen LogP contribution in [0, 0.1) is 0 Å². The lowest BCUT2D eigenvalue weighted by atomic mass is 10.2. The number of hydrogen-bond donors (Lipinski definition) is 2. The summed E-state index contributed by atoms with van der Waals surface area (Å²) in [7, 11) is 1.59. The van der Waals surface area contributed by atoms with E-state index in [-0.39, 0.29) is 4.90 Å². The molecular weight excluding hydrogens is 293 g/mol. The third-order valence-corrected chi connectivity index (χ3v) is 3.79. The Bertz CT molecular complexity index is 497. The van der Waals surface area contributed by atoms with Crippen molar-refractivity contribution in [3.05, 3.63) is 29.8 Å². The second-order valence-electron chi connectivity index (χ2n) is 2.89. The van der Waals surface area contributed by atoms with Crippen LogP contribution in [0.2, 0.25) is 0 Å². The van der Waals surface area contributed by atoms with Gasteiger partial charge in [-0.25, -0.2) is 14.1 Å². The Morgan fingerprint density at radius 1 is 1.50 bits per heavy atom. The van der Waals surface area contributed by atoms with Gasteiger partial charge in [-0.1, -0.05) is 28.1 Å². The molecule has 3 N–H and O–H groups in total. The van der Waals surface area contributed by atoms with Gasteiger partial charge in [-0.05, 0) is 17.7 Å². The third kappa shape index (κ3) is 3.33. The van der Waals surface area contributed by atoms with E-state index >= 15 is 0 Å². The van der Waals surface area contributed by atoms with Crippen LogP contribution < -0.4 is 10.4 Å². The van der Waals surface area contributed by atoms with Crippen LogP contribution in [0.25, 0.3) is 0 Å². The number of halogens is 1. The number of amides is 2. The van der Waals surface area contributed by atoms with Gasteiger partial charge in [0.25, 0.3) is 0 Å². The fraction of sp³-hybridized carbons (Fsp3) is 0.125. The Morgan fingerprint density at radius 3 is 2.50 bits per heavy atom. The predicted octanol–water partition coefficient (Wildman–Crippen LogP) is 1.08. The van der Waals surface area contributed by atoms with Gasteiger partial charge in [0.2, 0.25) is 7.98 Å². The number of nitrogens with one attached hydrogen (secondary N) is 1. The molecule has 1 aromatic carbocycles. The van der Waals surface area contributed by atoms with Crippen LogP contribution in [0.15, 0.2) is 33.5 Å². The van der Waals surface area contributed by atoms with E-state index in [0.29, 0.717) is 5.33 Å². The lowest BCUT2D eigenvalue weighted by Crippen LogP contribution is -2.21. The third-order valence-electron chi connectivity index (χ3n) is 1.76. The van der Waals surface area contributed by atoms with Gasteiger partial charge in [0.05, 0.1) is 4.90 Å².